The van der Waals surface area contributed by atoms with Crippen molar-refractivity contribution in [2.24, 2.45) is 5.92 Å². The first-order valence-corrected chi connectivity index (χ1v) is 7.09. The number of hydrogen-bond donors (Lipinski definition) is 1. The molecule has 1 aromatic carbocycles. The standard InChI is InChI=1S/C16H19N3O/c1-11-7-9-19(10-8-11)16(20)14-6-5-12-3-2-4-13(17)15(12)18-14/h2-6,11H,7-10,17H2,1H3. The fraction of sp³-hybridized carbons (Fsp3) is 0.375. The average molecular weight is 269 g/mol. The Morgan fingerprint density at radius 3 is 2.75 bits per heavy atom. The highest BCUT2D eigenvalue weighted by molar-refractivity contribution is 5.97. The van der Waals surface area contributed by atoms with Crippen LogP contribution in [0.15, 0.2) is 30.3 Å². The van der Waals surface area contributed by atoms with Crippen molar-refractivity contribution in [2.75, 3.05) is 18.8 Å². The van der Waals surface area contributed by atoms with E-state index in [4.69, 9.17) is 5.73 Å². The average Bonchev–Trinajstić information content (AvgIpc) is 2.47. The highest BCUT2D eigenvalue weighted by Gasteiger charge is 2.22. The van der Waals surface area contributed by atoms with Gasteiger partial charge in [-0.25, -0.2) is 4.98 Å². The van der Waals surface area contributed by atoms with Gasteiger partial charge in [0, 0.05) is 18.5 Å². The van der Waals surface area contributed by atoms with Gasteiger partial charge in [0.1, 0.15) is 5.69 Å². The van der Waals surface area contributed by atoms with Gasteiger partial charge in [0.15, 0.2) is 0 Å². The van der Waals surface area contributed by atoms with Crippen LogP contribution in [0.3, 0.4) is 0 Å². The van der Waals surface area contributed by atoms with Gasteiger partial charge in [-0.3, -0.25) is 4.79 Å². The molecule has 20 heavy (non-hydrogen) atoms. The lowest BCUT2D eigenvalue weighted by atomic mass is 9.99. The lowest BCUT2D eigenvalue weighted by Gasteiger charge is -2.30. The van der Waals surface area contributed by atoms with Crippen LogP contribution < -0.4 is 5.73 Å². The molecule has 0 atom stereocenters. The van der Waals surface area contributed by atoms with E-state index < -0.39 is 0 Å². The number of likely N-dealkylation sites (tertiary alicyclic amines) is 1. The molecule has 2 N–H and O–H groups in total. The van der Waals surface area contributed by atoms with E-state index in [1.54, 1.807) is 6.07 Å². The van der Waals surface area contributed by atoms with Crippen LogP contribution in [-0.4, -0.2) is 28.9 Å². The van der Waals surface area contributed by atoms with Crippen molar-refractivity contribution in [1.82, 2.24) is 9.88 Å². The molecule has 1 aliphatic rings. The third kappa shape index (κ3) is 2.33. The Morgan fingerprint density at radius 2 is 2.00 bits per heavy atom. The summed E-state index contributed by atoms with van der Waals surface area (Å²) in [6.07, 6.45) is 2.14. The smallest absolute Gasteiger partial charge is 0.272 e. The third-order valence-corrected chi connectivity index (χ3v) is 4.04. The van der Waals surface area contributed by atoms with Crippen LogP contribution in [0.5, 0.6) is 0 Å². The van der Waals surface area contributed by atoms with Crippen LogP contribution in [0, 0.1) is 5.92 Å². The molecule has 4 nitrogen and oxygen atoms in total. The fourth-order valence-electron chi connectivity index (χ4n) is 2.66. The van der Waals surface area contributed by atoms with Crippen LogP contribution in [-0.2, 0) is 0 Å². The molecule has 3 rings (SSSR count). The predicted octanol–water partition coefficient (Wildman–Crippen LogP) is 2.69. The fourth-order valence-corrected chi connectivity index (χ4v) is 2.66. The van der Waals surface area contributed by atoms with Gasteiger partial charge in [-0.15, -0.1) is 0 Å². The number of nitrogens with two attached hydrogens (primary N) is 1. The van der Waals surface area contributed by atoms with Gasteiger partial charge in [0.05, 0.1) is 11.2 Å². The van der Waals surface area contributed by atoms with Crippen molar-refractivity contribution in [2.45, 2.75) is 19.8 Å². The summed E-state index contributed by atoms with van der Waals surface area (Å²) in [5, 5.41) is 0.966. The van der Waals surface area contributed by atoms with Crippen LogP contribution in [0.4, 0.5) is 5.69 Å². The molecule has 4 heteroatoms. The number of carbonyl (C=O) groups is 1. The molecule has 0 saturated carbocycles. The number of benzene rings is 1. The summed E-state index contributed by atoms with van der Waals surface area (Å²) in [5.74, 6) is 0.723. The number of nitrogens with zero attached hydrogens (tertiary/aromatic N) is 2. The zero-order valence-corrected chi connectivity index (χ0v) is 11.7. The second kappa shape index (κ2) is 5.12. The van der Waals surface area contributed by atoms with Crippen molar-refractivity contribution in [3.8, 4) is 0 Å². The van der Waals surface area contributed by atoms with E-state index in [1.165, 1.54) is 0 Å². The minimum atomic E-state index is 0.0158. The van der Waals surface area contributed by atoms with Crippen LogP contribution in [0.25, 0.3) is 10.9 Å². The van der Waals surface area contributed by atoms with Gasteiger partial charge in [-0.1, -0.05) is 25.1 Å². The Bertz CT molecular complexity index is 645. The topological polar surface area (TPSA) is 59.2 Å². The molecule has 0 unspecified atom stereocenters. The molecule has 1 saturated heterocycles. The number of nitrogen functional groups attached to an aromatic ring is 1. The van der Waals surface area contributed by atoms with Crippen molar-refractivity contribution < 1.29 is 4.79 Å². The maximum atomic E-state index is 12.5. The number of carbonyl (C=O) groups excluding carboxylic acids is 1. The van der Waals surface area contributed by atoms with E-state index in [-0.39, 0.29) is 5.91 Å². The highest BCUT2D eigenvalue weighted by Crippen LogP contribution is 2.21. The number of amides is 1. The third-order valence-electron chi connectivity index (χ3n) is 4.04. The number of anilines is 1. The van der Waals surface area contributed by atoms with Gasteiger partial charge >= 0.3 is 0 Å². The Kier molecular flexibility index (Phi) is 3.30. The summed E-state index contributed by atoms with van der Waals surface area (Å²) in [7, 11) is 0. The van der Waals surface area contributed by atoms with Gasteiger partial charge in [-0.05, 0) is 30.9 Å². The maximum Gasteiger partial charge on any atom is 0.272 e. The summed E-state index contributed by atoms with van der Waals surface area (Å²) in [5.41, 5.74) is 7.75. The molecule has 104 valence electrons. The van der Waals surface area contributed by atoms with Crippen molar-refractivity contribution in [1.29, 1.82) is 0 Å². The molecule has 0 aliphatic carbocycles. The molecule has 2 aromatic rings. The number of aromatic nitrogens is 1. The lowest BCUT2D eigenvalue weighted by Crippen LogP contribution is -2.38. The molecule has 0 bridgehead atoms. The zero-order valence-electron chi connectivity index (χ0n) is 11.7. The Balaban J connectivity index is 1.90. The molecular weight excluding hydrogens is 250 g/mol. The van der Waals surface area contributed by atoms with Crippen LogP contribution in [0.2, 0.25) is 0 Å². The number of rotatable bonds is 1. The van der Waals surface area contributed by atoms with Gasteiger partial charge < -0.3 is 10.6 Å². The number of piperidine rings is 1. The number of para-hydroxylation sites is 1. The van der Waals surface area contributed by atoms with E-state index in [1.807, 2.05) is 29.2 Å². The van der Waals surface area contributed by atoms with E-state index in [9.17, 15) is 4.79 Å². The van der Waals surface area contributed by atoms with Gasteiger partial charge in [0.25, 0.3) is 5.91 Å². The second-order valence-corrected chi connectivity index (χ2v) is 5.59. The molecule has 2 heterocycles. The quantitative estimate of drug-likeness (QED) is 0.810. The first-order chi connectivity index (χ1) is 9.65. The van der Waals surface area contributed by atoms with Crippen molar-refractivity contribution >= 4 is 22.5 Å². The first-order valence-electron chi connectivity index (χ1n) is 7.09. The number of pyridine rings is 1. The SMILES string of the molecule is CC1CCN(C(=O)c2ccc3cccc(N)c3n2)CC1. The Hall–Kier alpha value is -2.10. The number of hydrogen-bond acceptors (Lipinski definition) is 3. The van der Waals surface area contributed by atoms with E-state index >= 15 is 0 Å². The van der Waals surface area contributed by atoms with Crippen LogP contribution in [0.1, 0.15) is 30.3 Å². The number of fused-ring (bicyclic) bond motifs is 1. The van der Waals surface area contributed by atoms with E-state index in [2.05, 4.69) is 11.9 Å². The van der Waals surface area contributed by atoms with Crippen molar-refractivity contribution in [3.05, 3.63) is 36.0 Å². The Morgan fingerprint density at radius 1 is 1.25 bits per heavy atom. The molecule has 1 aromatic heterocycles. The summed E-state index contributed by atoms with van der Waals surface area (Å²) >= 11 is 0. The predicted molar refractivity (Wildman–Crippen MR) is 80.5 cm³/mol. The molecule has 1 fully saturated rings. The molecule has 0 radical (unpaired) electrons. The van der Waals surface area contributed by atoms with Gasteiger partial charge in [-0.2, -0.15) is 0 Å². The molecule has 1 aliphatic heterocycles. The minimum Gasteiger partial charge on any atom is -0.397 e. The monoisotopic (exact) mass is 269 g/mol. The molecule has 1 amide bonds. The Labute approximate surface area is 118 Å². The molecular formula is C16H19N3O. The van der Waals surface area contributed by atoms with E-state index in [0.29, 0.717) is 22.8 Å². The van der Waals surface area contributed by atoms with Crippen molar-refractivity contribution in [3.63, 3.8) is 0 Å². The first kappa shape index (κ1) is 12.9. The summed E-state index contributed by atoms with van der Waals surface area (Å²) in [6.45, 7) is 3.88. The van der Waals surface area contributed by atoms with E-state index in [0.717, 1.165) is 31.3 Å². The summed E-state index contributed by atoms with van der Waals surface area (Å²) in [6, 6.07) is 9.37. The molecule has 0 spiro atoms. The minimum absolute atomic E-state index is 0.0158. The summed E-state index contributed by atoms with van der Waals surface area (Å²) < 4.78 is 0. The normalized spacial score (nSPS) is 16.6. The van der Waals surface area contributed by atoms with Crippen LogP contribution >= 0.6 is 0 Å². The maximum absolute atomic E-state index is 12.5. The zero-order chi connectivity index (χ0) is 14.1. The largest absolute Gasteiger partial charge is 0.397 e. The summed E-state index contributed by atoms with van der Waals surface area (Å²) in [4.78, 5) is 18.8. The second-order valence-electron chi connectivity index (χ2n) is 5.59. The lowest BCUT2D eigenvalue weighted by molar-refractivity contribution is 0.0691. The highest BCUT2D eigenvalue weighted by atomic mass is 16.2. The van der Waals surface area contributed by atoms with Gasteiger partial charge in [0.2, 0.25) is 0 Å².